The molecule has 0 radical (unpaired) electrons. The van der Waals surface area contributed by atoms with Crippen molar-refractivity contribution in [3.05, 3.63) is 47.1 Å². The molecule has 7 nitrogen and oxygen atoms in total. The first-order valence-electron chi connectivity index (χ1n) is 8.03. The lowest BCUT2D eigenvalue weighted by Gasteiger charge is -2.38. The number of pyridine rings is 1. The Morgan fingerprint density at radius 1 is 1.46 bits per heavy atom. The first-order chi connectivity index (χ1) is 11.6. The number of carbonyl (C=O) groups excluding carboxylic acids is 1. The third-order valence-corrected chi connectivity index (χ3v) is 4.55. The summed E-state index contributed by atoms with van der Waals surface area (Å²) in [5, 5.41) is 25.7. The van der Waals surface area contributed by atoms with Gasteiger partial charge in [-0.05, 0) is 37.8 Å². The third kappa shape index (κ3) is 3.47. The first-order valence-corrected chi connectivity index (χ1v) is 8.03. The predicted octanol–water partition coefficient (Wildman–Crippen LogP) is 0.982. The topological polar surface area (TPSA) is 108 Å². The molecule has 0 bridgehead atoms. The molecule has 3 rings (SSSR count). The van der Waals surface area contributed by atoms with Crippen molar-refractivity contribution in [3.8, 4) is 0 Å². The predicted molar refractivity (Wildman–Crippen MR) is 85.1 cm³/mol. The molecule has 1 aliphatic rings. The molecule has 0 spiro atoms. The van der Waals surface area contributed by atoms with E-state index in [4.69, 9.17) is 4.52 Å². The highest BCUT2D eigenvalue weighted by Crippen LogP contribution is 2.31. The van der Waals surface area contributed by atoms with Gasteiger partial charge in [0.2, 0.25) is 0 Å². The Bertz CT molecular complexity index is 695. The van der Waals surface area contributed by atoms with E-state index in [0.717, 1.165) is 5.69 Å². The summed E-state index contributed by atoms with van der Waals surface area (Å²) in [5.74, 6) is 0.248. The highest BCUT2D eigenvalue weighted by molar-refractivity contribution is 5.94. The average molecular weight is 331 g/mol. The van der Waals surface area contributed by atoms with Gasteiger partial charge in [-0.25, -0.2) is 0 Å². The maximum absolute atomic E-state index is 12.5. The highest BCUT2D eigenvalue weighted by atomic mass is 16.5. The Morgan fingerprint density at radius 2 is 2.25 bits per heavy atom. The van der Waals surface area contributed by atoms with E-state index in [-0.39, 0.29) is 36.3 Å². The molecule has 0 aromatic carbocycles. The monoisotopic (exact) mass is 331 g/mol. The number of aromatic nitrogens is 2. The van der Waals surface area contributed by atoms with Gasteiger partial charge >= 0.3 is 0 Å². The number of hydrogen-bond acceptors (Lipinski definition) is 6. The summed E-state index contributed by atoms with van der Waals surface area (Å²) < 4.78 is 5.00. The number of hydrogen-bond donors (Lipinski definition) is 3. The lowest BCUT2D eigenvalue weighted by Crippen LogP contribution is -2.48. The maximum Gasteiger partial charge on any atom is 0.274 e. The molecule has 0 saturated heterocycles. The summed E-state index contributed by atoms with van der Waals surface area (Å²) in [5.41, 5.74) is 1.39. The molecule has 0 unspecified atom stereocenters. The first kappa shape index (κ1) is 16.6. The Morgan fingerprint density at radius 3 is 2.88 bits per heavy atom. The SMILES string of the molecule is Cc1onc(C(=O)N[C@H](Cc2ccccn2)C2CC(O)C2)c1CO. The fourth-order valence-corrected chi connectivity index (χ4v) is 3.03. The van der Waals surface area contributed by atoms with Crippen molar-refractivity contribution in [2.24, 2.45) is 5.92 Å². The Hall–Kier alpha value is -2.25. The number of rotatable bonds is 6. The maximum atomic E-state index is 12.5. The van der Waals surface area contributed by atoms with E-state index in [1.807, 2.05) is 18.2 Å². The summed E-state index contributed by atoms with van der Waals surface area (Å²) in [7, 11) is 0. The number of nitrogens with one attached hydrogen (secondary N) is 1. The summed E-state index contributed by atoms with van der Waals surface area (Å²) in [4.78, 5) is 16.8. The molecule has 1 aliphatic carbocycles. The van der Waals surface area contributed by atoms with E-state index in [1.54, 1.807) is 13.1 Å². The van der Waals surface area contributed by atoms with E-state index < -0.39 is 0 Å². The minimum absolute atomic E-state index is 0.112. The van der Waals surface area contributed by atoms with E-state index >= 15 is 0 Å². The van der Waals surface area contributed by atoms with E-state index in [0.29, 0.717) is 30.6 Å². The molecular weight excluding hydrogens is 310 g/mol. The van der Waals surface area contributed by atoms with Crippen LogP contribution in [0.5, 0.6) is 0 Å². The fourth-order valence-electron chi connectivity index (χ4n) is 3.03. The van der Waals surface area contributed by atoms with Crippen LogP contribution in [0.2, 0.25) is 0 Å². The zero-order valence-corrected chi connectivity index (χ0v) is 13.5. The van der Waals surface area contributed by atoms with E-state index in [1.165, 1.54) is 0 Å². The van der Waals surface area contributed by atoms with Crippen molar-refractivity contribution in [2.75, 3.05) is 0 Å². The minimum atomic E-state index is -0.377. The molecule has 0 aliphatic heterocycles. The van der Waals surface area contributed by atoms with Crippen LogP contribution in [0.4, 0.5) is 0 Å². The quantitative estimate of drug-likeness (QED) is 0.728. The van der Waals surface area contributed by atoms with Crippen LogP contribution in [0.3, 0.4) is 0 Å². The molecule has 128 valence electrons. The minimum Gasteiger partial charge on any atom is -0.393 e. The second-order valence-electron chi connectivity index (χ2n) is 6.21. The number of carbonyl (C=O) groups is 1. The number of aliphatic hydroxyl groups excluding tert-OH is 2. The summed E-state index contributed by atoms with van der Waals surface area (Å²) in [6.45, 7) is 1.36. The van der Waals surface area contributed by atoms with Crippen LogP contribution >= 0.6 is 0 Å². The van der Waals surface area contributed by atoms with Crippen molar-refractivity contribution in [1.82, 2.24) is 15.5 Å². The standard InChI is InChI=1S/C17H21N3O4/c1-10-14(9-21)16(20-24-10)17(23)19-15(11-6-13(22)7-11)8-12-4-2-3-5-18-12/h2-5,11,13,15,21-22H,6-9H2,1H3,(H,19,23)/t11?,13?,15-/m1/s1. The summed E-state index contributed by atoms with van der Waals surface area (Å²) >= 11 is 0. The largest absolute Gasteiger partial charge is 0.393 e. The highest BCUT2D eigenvalue weighted by Gasteiger charge is 2.35. The van der Waals surface area contributed by atoms with Crippen LogP contribution in [0, 0.1) is 12.8 Å². The van der Waals surface area contributed by atoms with Crippen LogP contribution < -0.4 is 5.32 Å². The van der Waals surface area contributed by atoms with Crippen LogP contribution in [0.1, 0.15) is 40.3 Å². The zero-order chi connectivity index (χ0) is 17.1. The van der Waals surface area contributed by atoms with Gasteiger partial charge in [-0.15, -0.1) is 0 Å². The molecule has 7 heteroatoms. The molecule has 1 fully saturated rings. The molecule has 2 aromatic rings. The second-order valence-corrected chi connectivity index (χ2v) is 6.21. The number of nitrogens with zero attached hydrogens (tertiary/aromatic N) is 2. The van der Waals surface area contributed by atoms with Gasteiger partial charge in [0.1, 0.15) is 5.76 Å². The van der Waals surface area contributed by atoms with E-state index in [2.05, 4.69) is 15.5 Å². The fraction of sp³-hybridized carbons (Fsp3) is 0.471. The van der Waals surface area contributed by atoms with Crippen molar-refractivity contribution >= 4 is 5.91 Å². The van der Waals surface area contributed by atoms with E-state index in [9.17, 15) is 15.0 Å². The van der Waals surface area contributed by atoms with Crippen LogP contribution in [-0.4, -0.2) is 38.4 Å². The molecule has 24 heavy (non-hydrogen) atoms. The van der Waals surface area contributed by atoms with Gasteiger partial charge in [0.05, 0.1) is 18.3 Å². The molecule has 1 amide bonds. The number of aliphatic hydroxyl groups is 2. The summed E-state index contributed by atoms with van der Waals surface area (Å²) in [6.07, 6.45) is 3.30. The Labute approximate surface area is 139 Å². The van der Waals surface area contributed by atoms with Gasteiger partial charge in [0.25, 0.3) is 5.91 Å². The van der Waals surface area contributed by atoms with Gasteiger partial charge in [0, 0.05) is 24.4 Å². The van der Waals surface area contributed by atoms with Crippen LogP contribution in [0.25, 0.3) is 0 Å². The van der Waals surface area contributed by atoms with Crippen LogP contribution in [0.15, 0.2) is 28.9 Å². The van der Waals surface area contributed by atoms with Gasteiger partial charge < -0.3 is 20.1 Å². The lowest BCUT2D eigenvalue weighted by atomic mass is 9.76. The summed E-state index contributed by atoms with van der Waals surface area (Å²) in [6, 6.07) is 5.50. The van der Waals surface area contributed by atoms with Crippen LogP contribution in [-0.2, 0) is 13.0 Å². The second kappa shape index (κ2) is 7.11. The Balaban J connectivity index is 1.74. The molecule has 1 atom stereocenters. The third-order valence-electron chi connectivity index (χ3n) is 4.55. The normalized spacial score (nSPS) is 21.1. The molecule has 2 heterocycles. The molecular formula is C17H21N3O4. The molecule has 3 N–H and O–H groups in total. The Kier molecular flexibility index (Phi) is 4.92. The van der Waals surface area contributed by atoms with Gasteiger partial charge in [0.15, 0.2) is 5.69 Å². The smallest absolute Gasteiger partial charge is 0.274 e. The number of amides is 1. The average Bonchev–Trinajstić information content (AvgIpc) is 2.93. The molecule has 1 saturated carbocycles. The zero-order valence-electron chi connectivity index (χ0n) is 13.5. The van der Waals surface area contributed by atoms with Crippen molar-refractivity contribution < 1.29 is 19.5 Å². The van der Waals surface area contributed by atoms with Crippen molar-refractivity contribution in [3.63, 3.8) is 0 Å². The number of aryl methyl sites for hydroxylation is 1. The lowest BCUT2D eigenvalue weighted by molar-refractivity contribution is 0.0236. The van der Waals surface area contributed by atoms with Crippen molar-refractivity contribution in [1.29, 1.82) is 0 Å². The van der Waals surface area contributed by atoms with Gasteiger partial charge in [-0.2, -0.15) is 0 Å². The van der Waals surface area contributed by atoms with Gasteiger partial charge in [-0.1, -0.05) is 11.2 Å². The van der Waals surface area contributed by atoms with Crippen molar-refractivity contribution in [2.45, 2.75) is 44.9 Å². The molecule has 2 aromatic heterocycles. The van der Waals surface area contributed by atoms with Gasteiger partial charge in [-0.3, -0.25) is 9.78 Å².